The summed E-state index contributed by atoms with van der Waals surface area (Å²) in [6.07, 6.45) is 0. The van der Waals surface area contributed by atoms with Crippen LogP contribution < -0.4 is 11.6 Å². The summed E-state index contributed by atoms with van der Waals surface area (Å²) in [6, 6.07) is -0.897. The third-order valence-corrected chi connectivity index (χ3v) is 1.70. The third kappa shape index (κ3) is 3.30. The highest BCUT2D eigenvalue weighted by molar-refractivity contribution is 6.00. The van der Waals surface area contributed by atoms with Gasteiger partial charge in [0.1, 0.15) is 0 Å². The van der Waals surface area contributed by atoms with Crippen molar-refractivity contribution in [2.24, 2.45) is 11.6 Å². The molecular formula is C8H15N3O4. The second kappa shape index (κ2) is 4.85. The maximum absolute atomic E-state index is 11.5. The summed E-state index contributed by atoms with van der Waals surface area (Å²) in [5.41, 5.74) is 3.77. The molecule has 0 aliphatic rings. The van der Waals surface area contributed by atoms with E-state index in [0.29, 0.717) is 5.01 Å². The molecule has 0 bridgehead atoms. The lowest BCUT2D eigenvalue weighted by molar-refractivity contribution is -0.166. The van der Waals surface area contributed by atoms with Crippen molar-refractivity contribution in [2.45, 2.75) is 32.4 Å². The maximum Gasteiger partial charge on any atom is 0.294 e. The van der Waals surface area contributed by atoms with Gasteiger partial charge < -0.3 is 10.5 Å². The number of carbonyl (C=O) groups is 3. The quantitative estimate of drug-likeness (QED) is 0.256. The molecule has 0 saturated heterocycles. The summed E-state index contributed by atoms with van der Waals surface area (Å²) in [4.78, 5) is 32.9. The van der Waals surface area contributed by atoms with Crippen LogP contribution in [0.1, 0.15) is 20.8 Å². The van der Waals surface area contributed by atoms with Gasteiger partial charge in [0.25, 0.3) is 18.3 Å². The molecule has 0 unspecified atom stereocenters. The predicted molar refractivity (Wildman–Crippen MR) is 50.9 cm³/mol. The molecule has 0 radical (unpaired) electrons. The van der Waals surface area contributed by atoms with E-state index >= 15 is 0 Å². The Hall–Kier alpha value is -1.47. The van der Waals surface area contributed by atoms with Crippen LogP contribution in [0.2, 0.25) is 0 Å². The molecule has 0 aliphatic heterocycles. The van der Waals surface area contributed by atoms with Gasteiger partial charge in [-0.2, -0.15) is 0 Å². The minimum absolute atomic E-state index is 0.113. The molecule has 2 amide bonds. The van der Waals surface area contributed by atoms with Crippen LogP contribution in [0.4, 0.5) is 0 Å². The summed E-state index contributed by atoms with van der Waals surface area (Å²) < 4.78 is 4.50. The number of rotatable bonds is 4. The van der Waals surface area contributed by atoms with Crippen LogP contribution in [0.25, 0.3) is 0 Å². The van der Waals surface area contributed by atoms with E-state index in [1.54, 1.807) is 0 Å². The van der Waals surface area contributed by atoms with Crippen molar-refractivity contribution in [1.29, 1.82) is 0 Å². The number of nitrogens with zero attached hydrogens (tertiary/aromatic N) is 1. The average molecular weight is 217 g/mol. The van der Waals surface area contributed by atoms with Crippen molar-refractivity contribution in [3.05, 3.63) is 0 Å². The smallest absolute Gasteiger partial charge is 0.294 e. The molecule has 0 fully saturated rings. The molecule has 0 heterocycles. The molecule has 15 heavy (non-hydrogen) atoms. The Kier molecular flexibility index (Phi) is 4.38. The Morgan fingerprint density at radius 3 is 2.27 bits per heavy atom. The van der Waals surface area contributed by atoms with Crippen molar-refractivity contribution < 1.29 is 19.1 Å². The fourth-order valence-electron chi connectivity index (χ4n) is 0.780. The summed E-state index contributed by atoms with van der Waals surface area (Å²) in [5, 5.41) is 0.355. The van der Waals surface area contributed by atoms with E-state index in [1.165, 1.54) is 20.8 Å². The first-order chi connectivity index (χ1) is 6.74. The molecule has 0 aromatic carbocycles. The van der Waals surface area contributed by atoms with Crippen LogP contribution in [0.15, 0.2) is 0 Å². The summed E-state index contributed by atoms with van der Waals surface area (Å²) in [5.74, 6) is 3.65. The summed E-state index contributed by atoms with van der Waals surface area (Å²) in [6.45, 7) is 4.14. The zero-order chi connectivity index (χ0) is 12.2. The van der Waals surface area contributed by atoms with E-state index < -0.39 is 23.5 Å². The molecule has 0 spiro atoms. The topological polar surface area (TPSA) is 116 Å². The van der Waals surface area contributed by atoms with Crippen molar-refractivity contribution in [1.82, 2.24) is 5.01 Å². The minimum atomic E-state index is -1.49. The van der Waals surface area contributed by atoms with Crippen LogP contribution >= 0.6 is 0 Å². The van der Waals surface area contributed by atoms with Gasteiger partial charge in [-0.1, -0.05) is 0 Å². The lowest BCUT2D eigenvalue weighted by Gasteiger charge is -2.26. The normalized spacial score (nSPS) is 12.9. The lowest BCUT2D eigenvalue weighted by atomic mass is 10.1. The number of carbonyl (C=O) groups excluding carboxylic acids is 3. The number of hydrogen-bond donors (Lipinski definition) is 2. The molecule has 0 aromatic heterocycles. The highest BCUT2D eigenvalue weighted by Crippen LogP contribution is 2.10. The van der Waals surface area contributed by atoms with E-state index in [4.69, 9.17) is 11.6 Å². The van der Waals surface area contributed by atoms with Crippen LogP contribution in [0, 0.1) is 0 Å². The van der Waals surface area contributed by atoms with Gasteiger partial charge in [-0.05, 0) is 20.8 Å². The van der Waals surface area contributed by atoms with Crippen molar-refractivity contribution >= 4 is 18.3 Å². The fourth-order valence-corrected chi connectivity index (χ4v) is 0.780. The zero-order valence-electron chi connectivity index (χ0n) is 8.89. The standard InChI is InChI=1S/C8H15N3O4/c1-5(9)6(13)11(10)7(14)8(2,3)15-4-12/h4-5H,9-10H2,1-3H3/t5-/m0/s1. The second-order valence-electron chi connectivity index (χ2n) is 3.53. The molecule has 0 rings (SSSR count). The monoisotopic (exact) mass is 217 g/mol. The Balaban J connectivity index is 4.71. The minimum Gasteiger partial charge on any atom is -0.452 e. The highest BCUT2D eigenvalue weighted by Gasteiger charge is 2.36. The van der Waals surface area contributed by atoms with Crippen molar-refractivity contribution in [2.75, 3.05) is 0 Å². The first-order valence-electron chi connectivity index (χ1n) is 4.24. The Labute approximate surface area is 87.3 Å². The fraction of sp³-hybridized carbons (Fsp3) is 0.625. The molecule has 4 N–H and O–H groups in total. The van der Waals surface area contributed by atoms with Crippen LogP contribution in [-0.2, 0) is 19.1 Å². The first-order valence-corrected chi connectivity index (χ1v) is 4.24. The van der Waals surface area contributed by atoms with Gasteiger partial charge in [-0.25, -0.2) is 10.9 Å². The van der Waals surface area contributed by atoms with Crippen molar-refractivity contribution in [3.8, 4) is 0 Å². The second-order valence-corrected chi connectivity index (χ2v) is 3.53. The number of imide groups is 1. The molecule has 0 aromatic rings. The maximum atomic E-state index is 11.5. The average Bonchev–Trinajstić information content (AvgIpc) is 2.14. The Bertz CT molecular complexity index is 275. The molecule has 0 aliphatic carbocycles. The SMILES string of the molecule is C[C@H](N)C(=O)N(N)C(=O)C(C)(C)OC=O. The predicted octanol–water partition coefficient (Wildman–Crippen LogP) is -1.49. The van der Waals surface area contributed by atoms with E-state index in [9.17, 15) is 14.4 Å². The van der Waals surface area contributed by atoms with Gasteiger partial charge in [-0.3, -0.25) is 14.4 Å². The number of hydrazine groups is 1. The van der Waals surface area contributed by atoms with Gasteiger partial charge in [-0.15, -0.1) is 0 Å². The number of ether oxygens (including phenoxy) is 1. The van der Waals surface area contributed by atoms with Crippen LogP contribution in [0.3, 0.4) is 0 Å². The van der Waals surface area contributed by atoms with E-state index in [2.05, 4.69) is 4.74 Å². The largest absolute Gasteiger partial charge is 0.452 e. The zero-order valence-corrected chi connectivity index (χ0v) is 8.89. The number of amides is 2. The van der Waals surface area contributed by atoms with E-state index in [1.807, 2.05) is 0 Å². The third-order valence-electron chi connectivity index (χ3n) is 1.70. The molecule has 86 valence electrons. The van der Waals surface area contributed by atoms with E-state index in [-0.39, 0.29) is 6.47 Å². The Morgan fingerprint density at radius 2 is 1.93 bits per heavy atom. The van der Waals surface area contributed by atoms with Crippen molar-refractivity contribution in [3.63, 3.8) is 0 Å². The van der Waals surface area contributed by atoms with Gasteiger partial charge >= 0.3 is 0 Å². The molecule has 7 nitrogen and oxygen atoms in total. The molecular weight excluding hydrogens is 202 g/mol. The van der Waals surface area contributed by atoms with E-state index in [0.717, 1.165) is 0 Å². The molecule has 0 saturated carbocycles. The first kappa shape index (κ1) is 13.5. The number of hydrogen-bond acceptors (Lipinski definition) is 6. The molecule has 1 atom stereocenters. The van der Waals surface area contributed by atoms with Gasteiger partial charge in [0.15, 0.2) is 5.60 Å². The number of nitrogens with two attached hydrogens (primary N) is 2. The van der Waals surface area contributed by atoms with Gasteiger partial charge in [0.2, 0.25) is 0 Å². The van der Waals surface area contributed by atoms with Crippen LogP contribution in [0.5, 0.6) is 0 Å². The highest BCUT2D eigenvalue weighted by atomic mass is 16.5. The van der Waals surface area contributed by atoms with Gasteiger partial charge in [0, 0.05) is 0 Å². The van der Waals surface area contributed by atoms with Crippen LogP contribution in [-0.4, -0.2) is 34.9 Å². The van der Waals surface area contributed by atoms with Gasteiger partial charge in [0.05, 0.1) is 6.04 Å². The lowest BCUT2D eigenvalue weighted by Crippen LogP contribution is -2.56. The molecule has 7 heteroatoms. The Morgan fingerprint density at radius 1 is 1.47 bits per heavy atom. The summed E-state index contributed by atoms with van der Waals surface area (Å²) >= 11 is 0. The summed E-state index contributed by atoms with van der Waals surface area (Å²) in [7, 11) is 0.